The first-order chi connectivity index (χ1) is 11.3. The molecule has 130 valence electrons. The lowest BCUT2D eigenvalue weighted by Crippen LogP contribution is -2.50. The Bertz CT molecular complexity index is 878. The summed E-state index contributed by atoms with van der Waals surface area (Å²) >= 11 is 0. The van der Waals surface area contributed by atoms with Crippen molar-refractivity contribution >= 4 is 26.8 Å². The normalized spacial score (nSPS) is 16.7. The zero-order chi connectivity index (χ0) is 17.5. The third kappa shape index (κ3) is 3.06. The first-order valence-corrected chi connectivity index (χ1v) is 9.80. The van der Waals surface area contributed by atoms with Crippen molar-refractivity contribution in [3.63, 3.8) is 0 Å². The van der Waals surface area contributed by atoms with Gasteiger partial charge < -0.3 is 9.88 Å². The standard InChI is InChI=1S/C17H23N3O3S/c1-4-24(22,23)20-7-5-19(6-8-20)17(21)16-11-14-13(3)9-12(2)10-15(14)18-16/h9-11,18H,4-8H2,1-3H3. The zero-order valence-electron chi connectivity index (χ0n) is 14.3. The molecule has 1 aliphatic rings. The Morgan fingerprint density at radius 3 is 2.42 bits per heavy atom. The van der Waals surface area contributed by atoms with Crippen molar-refractivity contribution in [1.82, 2.24) is 14.2 Å². The maximum Gasteiger partial charge on any atom is 0.270 e. The van der Waals surface area contributed by atoms with Gasteiger partial charge in [0.1, 0.15) is 5.69 Å². The Kier molecular flexibility index (Phi) is 4.40. The maximum atomic E-state index is 12.7. The molecule has 3 rings (SSSR count). The molecule has 6 nitrogen and oxygen atoms in total. The predicted molar refractivity (Wildman–Crippen MR) is 94.7 cm³/mol. The monoisotopic (exact) mass is 349 g/mol. The Morgan fingerprint density at radius 1 is 1.12 bits per heavy atom. The van der Waals surface area contributed by atoms with Crippen molar-refractivity contribution in [3.8, 4) is 0 Å². The lowest BCUT2D eigenvalue weighted by Gasteiger charge is -2.33. The van der Waals surface area contributed by atoms with Crippen molar-refractivity contribution < 1.29 is 13.2 Å². The molecular formula is C17H23N3O3S. The third-order valence-electron chi connectivity index (χ3n) is 4.60. The molecule has 0 unspecified atom stereocenters. The van der Waals surface area contributed by atoms with E-state index in [1.807, 2.05) is 26.0 Å². The molecule has 1 aromatic carbocycles. The summed E-state index contributed by atoms with van der Waals surface area (Å²) in [7, 11) is -3.18. The van der Waals surface area contributed by atoms with Crippen molar-refractivity contribution in [2.75, 3.05) is 31.9 Å². The molecule has 0 bridgehead atoms. The SMILES string of the molecule is CCS(=O)(=O)N1CCN(C(=O)c2cc3c(C)cc(C)cc3[nH]2)CC1. The number of nitrogens with one attached hydrogen (secondary N) is 1. The quantitative estimate of drug-likeness (QED) is 0.920. The fourth-order valence-corrected chi connectivity index (χ4v) is 4.32. The highest BCUT2D eigenvalue weighted by molar-refractivity contribution is 7.89. The molecule has 7 heteroatoms. The smallest absolute Gasteiger partial charge is 0.270 e. The van der Waals surface area contributed by atoms with Crippen molar-refractivity contribution in [2.45, 2.75) is 20.8 Å². The Balaban J connectivity index is 1.78. The number of benzene rings is 1. The van der Waals surface area contributed by atoms with Gasteiger partial charge in [-0.25, -0.2) is 8.42 Å². The molecule has 1 N–H and O–H groups in total. The average Bonchev–Trinajstić information content (AvgIpc) is 2.98. The van der Waals surface area contributed by atoms with E-state index in [2.05, 4.69) is 11.1 Å². The fourth-order valence-electron chi connectivity index (χ4n) is 3.24. The van der Waals surface area contributed by atoms with E-state index in [-0.39, 0.29) is 11.7 Å². The molecule has 24 heavy (non-hydrogen) atoms. The average molecular weight is 349 g/mol. The van der Waals surface area contributed by atoms with E-state index < -0.39 is 10.0 Å². The number of fused-ring (bicyclic) bond motifs is 1. The van der Waals surface area contributed by atoms with Crippen molar-refractivity contribution in [2.24, 2.45) is 0 Å². The van der Waals surface area contributed by atoms with Gasteiger partial charge in [-0.1, -0.05) is 6.07 Å². The second-order valence-corrected chi connectivity index (χ2v) is 8.58. The number of amides is 1. The first kappa shape index (κ1) is 17.0. The summed E-state index contributed by atoms with van der Waals surface area (Å²) < 4.78 is 25.3. The highest BCUT2D eigenvalue weighted by Gasteiger charge is 2.28. The minimum Gasteiger partial charge on any atom is -0.351 e. The molecule has 1 aromatic heterocycles. The number of sulfonamides is 1. The molecule has 2 aromatic rings. The van der Waals surface area contributed by atoms with Gasteiger partial charge in [-0.2, -0.15) is 4.31 Å². The van der Waals surface area contributed by atoms with Gasteiger partial charge in [-0.15, -0.1) is 0 Å². The van der Waals surface area contributed by atoms with E-state index in [0.717, 1.165) is 22.0 Å². The Labute approximate surface area is 142 Å². The minimum atomic E-state index is -3.18. The van der Waals surface area contributed by atoms with Crippen LogP contribution in [0.2, 0.25) is 0 Å². The van der Waals surface area contributed by atoms with Crippen LogP contribution in [0.1, 0.15) is 28.5 Å². The molecule has 1 aliphatic heterocycles. The lowest BCUT2D eigenvalue weighted by atomic mass is 10.1. The summed E-state index contributed by atoms with van der Waals surface area (Å²) in [4.78, 5) is 17.6. The van der Waals surface area contributed by atoms with Gasteiger partial charge in [-0.3, -0.25) is 4.79 Å². The Hall–Kier alpha value is -1.86. The zero-order valence-corrected chi connectivity index (χ0v) is 15.1. The number of aryl methyl sites for hydroxylation is 2. The number of hydrogen-bond acceptors (Lipinski definition) is 3. The van der Waals surface area contributed by atoms with E-state index in [9.17, 15) is 13.2 Å². The van der Waals surface area contributed by atoms with Crippen molar-refractivity contribution in [1.29, 1.82) is 0 Å². The number of piperazine rings is 1. The predicted octanol–water partition coefficient (Wildman–Crippen LogP) is 1.89. The molecule has 1 fully saturated rings. The van der Waals surface area contributed by atoms with Crippen LogP contribution in [-0.4, -0.2) is 60.4 Å². The van der Waals surface area contributed by atoms with E-state index >= 15 is 0 Å². The molecule has 0 aliphatic carbocycles. The van der Waals surface area contributed by atoms with Gasteiger partial charge in [-0.05, 0) is 44.0 Å². The van der Waals surface area contributed by atoms with Gasteiger partial charge in [0, 0.05) is 37.1 Å². The van der Waals surface area contributed by atoms with Gasteiger partial charge in [0.25, 0.3) is 5.91 Å². The van der Waals surface area contributed by atoms with Gasteiger partial charge in [0.15, 0.2) is 0 Å². The number of H-pyrrole nitrogens is 1. The summed E-state index contributed by atoms with van der Waals surface area (Å²) in [6.07, 6.45) is 0. The summed E-state index contributed by atoms with van der Waals surface area (Å²) in [5, 5.41) is 1.05. The molecular weight excluding hydrogens is 326 g/mol. The van der Waals surface area contributed by atoms with Crippen LogP contribution in [0.3, 0.4) is 0 Å². The summed E-state index contributed by atoms with van der Waals surface area (Å²) in [5.74, 6) is 0.0264. The molecule has 0 radical (unpaired) electrons. The number of hydrogen-bond donors (Lipinski definition) is 1. The number of nitrogens with zero attached hydrogens (tertiary/aromatic N) is 2. The molecule has 0 atom stereocenters. The largest absolute Gasteiger partial charge is 0.351 e. The van der Waals surface area contributed by atoms with Crippen LogP contribution in [0.25, 0.3) is 10.9 Å². The van der Waals surface area contributed by atoms with E-state index in [4.69, 9.17) is 0 Å². The second kappa shape index (κ2) is 6.22. The molecule has 0 saturated carbocycles. The summed E-state index contributed by atoms with van der Waals surface area (Å²) in [6.45, 7) is 7.27. The van der Waals surface area contributed by atoms with Gasteiger partial charge >= 0.3 is 0 Å². The minimum absolute atomic E-state index is 0.0724. The van der Waals surface area contributed by atoms with Crippen LogP contribution in [0.15, 0.2) is 18.2 Å². The van der Waals surface area contributed by atoms with Gasteiger partial charge in [0.05, 0.1) is 5.75 Å². The number of carbonyl (C=O) groups excluding carboxylic acids is 1. The summed E-state index contributed by atoms with van der Waals surface area (Å²) in [6, 6.07) is 6.02. The molecule has 1 amide bonds. The van der Waals surface area contributed by atoms with Crippen molar-refractivity contribution in [3.05, 3.63) is 35.0 Å². The van der Waals surface area contributed by atoms with Crippen LogP contribution in [0.5, 0.6) is 0 Å². The molecule has 0 spiro atoms. The number of aromatic nitrogens is 1. The number of aromatic amines is 1. The maximum absolute atomic E-state index is 12.7. The molecule has 2 heterocycles. The highest BCUT2D eigenvalue weighted by atomic mass is 32.2. The van der Waals surface area contributed by atoms with E-state index in [1.165, 1.54) is 4.31 Å². The first-order valence-electron chi connectivity index (χ1n) is 8.19. The number of rotatable bonds is 3. The highest BCUT2D eigenvalue weighted by Crippen LogP contribution is 2.22. The summed E-state index contributed by atoms with van der Waals surface area (Å²) in [5.41, 5.74) is 3.81. The number of carbonyl (C=O) groups is 1. The topological polar surface area (TPSA) is 73.5 Å². The third-order valence-corrected chi connectivity index (χ3v) is 6.49. The fraction of sp³-hybridized carbons (Fsp3) is 0.471. The van der Waals surface area contributed by atoms with Crippen LogP contribution >= 0.6 is 0 Å². The van der Waals surface area contributed by atoms with Crippen LogP contribution in [0, 0.1) is 13.8 Å². The lowest BCUT2D eigenvalue weighted by molar-refractivity contribution is 0.0693. The molecule has 1 saturated heterocycles. The van der Waals surface area contributed by atoms with Gasteiger partial charge in [0.2, 0.25) is 10.0 Å². The second-order valence-electron chi connectivity index (χ2n) is 6.32. The van der Waals surface area contributed by atoms with E-state index in [0.29, 0.717) is 31.9 Å². The van der Waals surface area contributed by atoms with E-state index in [1.54, 1.807) is 11.8 Å². The van der Waals surface area contributed by atoms with Crippen LogP contribution in [0.4, 0.5) is 0 Å². The Morgan fingerprint density at radius 2 is 1.79 bits per heavy atom. The van der Waals surface area contributed by atoms with Crippen LogP contribution in [-0.2, 0) is 10.0 Å². The van der Waals surface area contributed by atoms with Crippen LogP contribution < -0.4 is 0 Å².